The first-order valence-electron chi connectivity index (χ1n) is 4.99. The summed E-state index contributed by atoms with van der Waals surface area (Å²) in [6.45, 7) is 3.33. The van der Waals surface area contributed by atoms with Gasteiger partial charge in [0.2, 0.25) is 0 Å². The van der Waals surface area contributed by atoms with Crippen molar-refractivity contribution in [3.05, 3.63) is 35.1 Å². The van der Waals surface area contributed by atoms with Crippen molar-refractivity contribution < 1.29 is 18.7 Å². The van der Waals surface area contributed by atoms with Crippen LogP contribution in [0.5, 0.6) is 0 Å². The summed E-state index contributed by atoms with van der Waals surface area (Å²) in [6, 6.07) is 3.87. The average Bonchev–Trinajstić information content (AvgIpc) is 2.21. The number of halogens is 1. The van der Waals surface area contributed by atoms with E-state index in [1.54, 1.807) is 6.92 Å². The van der Waals surface area contributed by atoms with E-state index >= 15 is 0 Å². The van der Waals surface area contributed by atoms with Gasteiger partial charge in [-0.25, -0.2) is 9.18 Å². The number of hydrogen-bond donors (Lipinski definition) is 0. The Morgan fingerprint density at radius 3 is 2.62 bits per heavy atom. The highest BCUT2D eigenvalue weighted by atomic mass is 19.1. The normalized spacial score (nSPS) is 9.94. The number of benzene rings is 1. The summed E-state index contributed by atoms with van der Waals surface area (Å²) in [6.07, 6.45) is -0.0148. The molecule has 0 atom stereocenters. The van der Waals surface area contributed by atoms with Crippen molar-refractivity contribution in [3.8, 4) is 0 Å². The highest BCUT2D eigenvalue weighted by Crippen LogP contribution is 2.12. The van der Waals surface area contributed by atoms with Gasteiger partial charge in [-0.05, 0) is 37.6 Å². The monoisotopic (exact) mass is 224 g/mol. The van der Waals surface area contributed by atoms with Gasteiger partial charge >= 0.3 is 5.97 Å². The molecule has 0 heterocycles. The molecule has 1 aromatic carbocycles. The molecule has 0 aromatic heterocycles. The number of hydrogen-bond acceptors (Lipinski definition) is 3. The van der Waals surface area contributed by atoms with Gasteiger partial charge in [0.1, 0.15) is 11.6 Å². The molecule has 1 aromatic rings. The minimum absolute atomic E-state index is 0.0148. The van der Waals surface area contributed by atoms with Crippen LogP contribution in [0, 0.1) is 5.82 Å². The molecule has 0 aliphatic carbocycles. The smallest absolute Gasteiger partial charge is 0.338 e. The van der Waals surface area contributed by atoms with E-state index in [0.29, 0.717) is 0 Å². The predicted octanol–water partition coefficient (Wildman–Crippen LogP) is 2.13. The fraction of sp³-hybridized carbons (Fsp3) is 0.333. The quantitative estimate of drug-likeness (QED) is 0.736. The Kier molecular flexibility index (Phi) is 4.17. The van der Waals surface area contributed by atoms with Crippen molar-refractivity contribution in [2.45, 2.75) is 20.3 Å². The maximum Gasteiger partial charge on any atom is 0.338 e. The van der Waals surface area contributed by atoms with E-state index in [1.807, 2.05) is 0 Å². The molecule has 4 heteroatoms. The molecule has 0 radical (unpaired) electrons. The van der Waals surface area contributed by atoms with E-state index in [0.717, 1.165) is 0 Å². The Morgan fingerprint density at radius 1 is 1.38 bits per heavy atom. The molecule has 0 aliphatic heterocycles. The number of carbonyl (C=O) groups excluding carboxylic acids is 2. The van der Waals surface area contributed by atoms with Gasteiger partial charge in [0.25, 0.3) is 0 Å². The van der Waals surface area contributed by atoms with Crippen LogP contribution in [0.2, 0.25) is 0 Å². The predicted molar refractivity (Wildman–Crippen MR) is 56.7 cm³/mol. The van der Waals surface area contributed by atoms with E-state index in [-0.39, 0.29) is 29.9 Å². The second-order valence-electron chi connectivity index (χ2n) is 3.41. The van der Waals surface area contributed by atoms with Crippen molar-refractivity contribution >= 4 is 11.8 Å². The lowest BCUT2D eigenvalue weighted by molar-refractivity contribution is -0.116. The molecule has 0 N–H and O–H groups in total. The highest BCUT2D eigenvalue weighted by molar-refractivity contribution is 5.90. The third-order valence-corrected chi connectivity index (χ3v) is 2.00. The van der Waals surface area contributed by atoms with Gasteiger partial charge in [0.15, 0.2) is 0 Å². The Labute approximate surface area is 93.2 Å². The van der Waals surface area contributed by atoms with Crippen molar-refractivity contribution in [1.82, 2.24) is 0 Å². The highest BCUT2D eigenvalue weighted by Gasteiger charge is 2.11. The molecular weight excluding hydrogens is 211 g/mol. The Bertz CT molecular complexity index is 413. The lowest BCUT2D eigenvalue weighted by Gasteiger charge is -2.05. The van der Waals surface area contributed by atoms with Crippen LogP contribution >= 0.6 is 0 Å². The van der Waals surface area contributed by atoms with Crippen LogP contribution in [-0.2, 0) is 16.0 Å². The van der Waals surface area contributed by atoms with E-state index in [9.17, 15) is 14.0 Å². The van der Waals surface area contributed by atoms with Crippen molar-refractivity contribution in [3.63, 3.8) is 0 Å². The van der Waals surface area contributed by atoms with Gasteiger partial charge in [-0.15, -0.1) is 0 Å². The van der Waals surface area contributed by atoms with Crippen LogP contribution in [-0.4, -0.2) is 18.4 Å². The molecule has 1 rings (SSSR count). The van der Waals surface area contributed by atoms with Crippen LogP contribution in [0.15, 0.2) is 18.2 Å². The Balaban J connectivity index is 2.97. The fourth-order valence-electron chi connectivity index (χ4n) is 1.32. The number of carbonyl (C=O) groups is 2. The third-order valence-electron chi connectivity index (χ3n) is 2.00. The fourth-order valence-corrected chi connectivity index (χ4v) is 1.32. The summed E-state index contributed by atoms with van der Waals surface area (Å²) in [7, 11) is 0. The molecule has 86 valence electrons. The van der Waals surface area contributed by atoms with E-state index in [4.69, 9.17) is 4.74 Å². The number of ketones is 1. The molecule has 0 saturated heterocycles. The zero-order chi connectivity index (χ0) is 12.1. The van der Waals surface area contributed by atoms with E-state index in [2.05, 4.69) is 0 Å². The third kappa shape index (κ3) is 3.15. The van der Waals surface area contributed by atoms with Gasteiger partial charge < -0.3 is 4.74 Å². The number of ether oxygens (including phenoxy) is 1. The summed E-state index contributed by atoms with van der Waals surface area (Å²) in [5.41, 5.74) is 0.484. The molecule has 0 amide bonds. The maximum absolute atomic E-state index is 13.3. The maximum atomic E-state index is 13.3. The second kappa shape index (κ2) is 5.39. The molecule has 0 spiro atoms. The van der Waals surface area contributed by atoms with Crippen LogP contribution in [0.25, 0.3) is 0 Å². The molecule has 0 unspecified atom stereocenters. The molecule has 16 heavy (non-hydrogen) atoms. The summed E-state index contributed by atoms with van der Waals surface area (Å²) in [5, 5.41) is 0. The Hall–Kier alpha value is -1.71. The topological polar surface area (TPSA) is 43.4 Å². The molecule has 0 fully saturated rings. The van der Waals surface area contributed by atoms with Crippen molar-refractivity contribution in [2.24, 2.45) is 0 Å². The summed E-state index contributed by atoms with van der Waals surface area (Å²) in [4.78, 5) is 22.3. The minimum atomic E-state index is -0.507. The first kappa shape index (κ1) is 12.4. The van der Waals surface area contributed by atoms with Gasteiger partial charge in [0.05, 0.1) is 12.2 Å². The summed E-state index contributed by atoms with van der Waals surface area (Å²) in [5.74, 6) is -1.14. The number of rotatable bonds is 4. The first-order chi connectivity index (χ1) is 7.54. The van der Waals surface area contributed by atoms with Crippen molar-refractivity contribution in [1.29, 1.82) is 0 Å². The second-order valence-corrected chi connectivity index (χ2v) is 3.41. The molecule has 0 bridgehead atoms. The Morgan fingerprint density at radius 2 is 2.06 bits per heavy atom. The van der Waals surface area contributed by atoms with Gasteiger partial charge in [-0.3, -0.25) is 4.79 Å². The van der Waals surface area contributed by atoms with Gasteiger partial charge in [-0.1, -0.05) is 0 Å². The standard InChI is InChI=1S/C12H13FO3/c1-3-16-12(15)9-4-5-11(13)10(7-9)6-8(2)14/h4-5,7H,3,6H2,1-2H3. The van der Waals surface area contributed by atoms with Crippen LogP contribution in [0.1, 0.15) is 29.8 Å². The largest absolute Gasteiger partial charge is 0.462 e. The molecule has 0 aliphatic rings. The molecule has 3 nitrogen and oxygen atoms in total. The SMILES string of the molecule is CCOC(=O)c1ccc(F)c(CC(C)=O)c1. The molecular formula is C12H13FO3. The minimum Gasteiger partial charge on any atom is -0.462 e. The van der Waals surface area contributed by atoms with E-state index in [1.165, 1.54) is 25.1 Å². The van der Waals surface area contributed by atoms with Gasteiger partial charge in [-0.2, -0.15) is 0 Å². The number of Topliss-reactive ketones (excluding diaryl/α,β-unsaturated/α-hetero) is 1. The molecule has 0 saturated carbocycles. The first-order valence-corrected chi connectivity index (χ1v) is 4.99. The number of esters is 1. The summed E-state index contributed by atoms with van der Waals surface area (Å²) >= 11 is 0. The van der Waals surface area contributed by atoms with Crippen LogP contribution in [0.4, 0.5) is 4.39 Å². The summed E-state index contributed by atoms with van der Waals surface area (Å²) < 4.78 is 18.1. The average molecular weight is 224 g/mol. The van der Waals surface area contributed by atoms with Gasteiger partial charge in [0, 0.05) is 6.42 Å². The van der Waals surface area contributed by atoms with Crippen LogP contribution < -0.4 is 0 Å². The zero-order valence-electron chi connectivity index (χ0n) is 9.25. The van der Waals surface area contributed by atoms with Crippen LogP contribution in [0.3, 0.4) is 0 Å². The lowest BCUT2D eigenvalue weighted by atomic mass is 10.1. The van der Waals surface area contributed by atoms with E-state index < -0.39 is 11.8 Å². The van der Waals surface area contributed by atoms with Crippen molar-refractivity contribution in [2.75, 3.05) is 6.61 Å². The zero-order valence-corrected chi connectivity index (χ0v) is 9.25. The lowest BCUT2D eigenvalue weighted by Crippen LogP contribution is -2.07.